The Balaban J connectivity index is 0.000000147. The average Bonchev–Trinajstić information content (AvgIpc) is 3.82. The van der Waals surface area contributed by atoms with Crippen LogP contribution in [0, 0.1) is 0 Å². The average molecular weight is 795 g/mol. The summed E-state index contributed by atoms with van der Waals surface area (Å²) in [6.45, 7) is 8.67. The molecule has 1 amide bonds. The SMILES string of the molecule is CC(=O)N1CCN(c2ccnc3sc4c(=O)n(C5CCCCC5)cnc4c23)CC1.CN1CCN(c2ccnc3sc4c(=O)n(C5CCCCC5)cnc4c23)CC1. The molecule has 10 rings (SSSR count). The molecule has 0 unspecified atom stereocenters. The van der Waals surface area contributed by atoms with Gasteiger partial charge in [0.15, 0.2) is 0 Å². The predicted octanol–water partition coefficient (Wildman–Crippen LogP) is 6.44. The second-order valence-electron chi connectivity index (χ2n) is 15.9. The molecule has 15 heteroatoms. The molecule has 8 heterocycles. The van der Waals surface area contributed by atoms with E-state index < -0.39 is 0 Å². The fraction of sp³-hybridized carbons (Fsp3) is 0.537. The Morgan fingerprint density at radius 1 is 0.607 bits per heavy atom. The molecule has 0 spiro atoms. The first-order chi connectivity index (χ1) is 27.4. The van der Waals surface area contributed by atoms with Gasteiger partial charge in [-0.1, -0.05) is 38.5 Å². The van der Waals surface area contributed by atoms with Crippen LogP contribution in [0.15, 0.2) is 46.8 Å². The van der Waals surface area contributed by atoms with Gasteiger partial charge in [-0.15, -0.1) is 22.7 Å². The molecule has 4 fully saturated rings. The minimum atomic E-state index is 0.0669. The van der Waals surface area contributed by atoms with Gasteiger partial charge >= 0.3 is 0 Å². The minimum absolute atomic E-state index is 0.0669. The van der Waals surface area contributed by atoms with Crippen LogP contribution in [-0.4, -0.2) is 104 Å². The zero-order chi connectivity index (χ0) is 38.3. The number of hydrogen-bond acceptors (Lipinski definition) is 12. The molecular weight excluding hydrogens is 745 g/mol. The van der Waals surface area contributed by atoms with Crippen molar-refractivity contribution in [1.82, 2.24) is 38.9 Å². The Hall–Kier alpha value is -4.47. The molecule has 2 aliphatic carbocycles. The maximum Gasteiger partial charge on any atom is 0.271 e. The molecule has 2 saturated carbocycles. The summed E-state index contributed by atoms with van der Waals surface area (Å²) >= 11 is 2.95. The molecule has 0 atom stereocenters. The van der Waals surface area contributed by atoms with Crippen molar-refractivity contribution in [1.29, 1.82) is 0 Å². The number of pyridine rings is 2. The van der Waals surface area contributed by atoms with Crippen LogP contribution in [0.3, 0.4) is 0 Å². The van der Waals surface area contributed by atoms with E-state index in [1.807, 2.05) is 32.5 Å². The largest absolute Gasteiger partial charge is 0.368 e. The van der Waals surface area contributed by atoms with Crippen LogP contribution in [-0.2, 0) is 4.79 Å². The maximum absolute atomic E-state index is 13.3. The fourth-order valence-electron chi connectivity index (χ4n) is 9.17. The third-order valence-corrected chi connectivity index (χ3v) is 14.6. The number of piperazine rings is 2. The highest BCUT2D eigenvalue weighted by Gasteiger charge is 2.26. The second-order valence-corrected chi connectivity index (χ2v) is 17.9. The van der Waals surface area contributed by atoms with Crippen molar-refractivity contribution < 1.29 is 4.79 Å². The van der Waals surface area contributed by atoms with Gasteiger partial charge in [0.1, 0.15) is 19.1 Å². The lowest BCUT2D eigenvalue weighted by Crippen LogP contribution is -2.48. The van der Waals surface area contributed by atoms with E-state index >= 15 is 0 Å². The smallest absolute Gasteiger partial charge is 0.271 e. The zero-order valence-electron chi connectivity index (χ0n) is 32.4. The van der Waals surface area contributed by atoms with Gasteiger partial charge in [0.05, 0.1) is 45.8 Å². The summed E-state index contributed by atoms with van der Waals surface area (Å²) in [5, 5.41) is 2.02. The fourth-order valence-corrected chi connectivity index (χ4v) is 11.3. The lowest BCUT2D eigenvalue weighted by Gasteiger charge is -2.35. The Labute approximate surface area is 333 Å². The van der Waals surface area contributed by atoms with E-state index in [1.54, 1.807) is 19.6 Å². The van der Waals surface area contributed by atoms with Crippen molar-refractivity contribution in [2.75, 3.05) is 69.2 Å². The second kappa shape index (κ2) is 15.8. The summed E-state index contributed by atoms with van der Waals surface area (Å²) in [6.07, 6.45) is 18.8. The van der Waals surface area contributed by atoms with Gasteiger partial charge < -0.3 is 19.6 Å². The quantitative estimate of drug-likeness (QED) is 0.197. The van der Waals surface area contributed by atoms with Crippen molar-refractivity contribution in [2.24, 2.45) is 0 Å². The van der Waals surface area contributed by atoms with Gasteiger partial charge in [-0.2, -0.15) is 0 Å². The number of aromatic nitrogens is 6. The number of carbonyl (C=O) groups is 1. The molecule has 4 aliphatic rings. The van der Waals surface area contributed by atoms with E-state index in [4.69, 9.17) is 9.97 Å². The molecule has 0 bridgehead atoms. The topological polar surface area (TPSA) is 126 Å². The number of carbonyl (C=O) groups excluding carboxylic acids is 1. The van der Waals surface area contributed by atoms with Crippen molar-refractivity contribution in [2.45, 2.75) is 83.2 Å². The lowest BCUT2D eigenvalue weighted by atomic mass is 9.95. The van der Waals surface area contributed by atoms with Crippen LogP contribution in [0.4, 0.5) is 11.4 Å². The molecular formula is C41H50N10O3S2. The van der Waals surface area contributed by atoms with Gasteiger partial charge in [-0.25, -0.2) is 19.9 Å². The van der Waals surface area contributed by atoms with Gasteiger partial charge in [0.2, 0.25) is 5.91 Å². The molecule has 294 valence electrons. The third kappa shape index (κ3) is 6.95. The number of amides is 1. The molecule has 0 aromatic carbocycles. The number of thiophene rings is 2. The van der Waals surface area contributed by atoms with Crippen LogP contribution in [0.5, 0.6) is 0 Å². The van der Waals surface area contributed by atoms with Crippen LogP contribution in [0.2, 0.25) is 0 Å². The summed E-state index contributed by atoms with van der Waals surface area (Å²) in [4.78, 5) is 67.4. The highest BCUT2D eigenvalue weighted by molar-refractivity contribution is 7.25. The number of hydrogen-bond donors (Lipinski definition) is 0. The highest BCUT2D eigenvalue weighted by atomic mass is 32.1. The van der Waals surface area contributed by atoms with Crippen molar-refractivity contribution in [3.8, 4) is 0 Å². The Bertz CT molecular complexity index is 2500. The van der Waals surface area contributed by atoms with Gasteiger partial charge in [-0.05, 0) is 44.9 Å². The van der Waals surface area contributed by atoms with Crippen LogP contribution in [0.25, 0.3) is 40.9 Å². The Kier molecular flexibility index (Phi) is 10.5. The zero-order valence-corrected chi connectivity index (χ0v) is 34.0. The predicted molar refractivity (Wildman–Crippen MR) is 227 cm³/mol. The van der Waals surface area contributed by atoms with Crippen LogP contribution < -0.4 is 20.9 Å². The summed E-state index contributed by atoms with van der Waals surface area (Å²) in [5.41, 5.74) is 4.00. The van der Waals surface area contributed by atoms with E-state index in [1.165, 1.54) is 66.9 Å². The molecule has 0 radical (unpaired) electrons. The third-order valence-electron chi connectivity index (χ3n) is 12.4. The van der Waals surface area contributed by atoms with Crippen LogP contribution in [0.1, 0.15) is 83.2 Å². The molecule has 6 aromatic rings. The van der Waals surface area contributed by atoms with Crippen LogP contribution >= 0.6 is 22.7 Å². The summed E-state index contributed by atoms with van der Waals surface area (Å²) < 4.78 is 5.19. The van der Waals surface area contributed by atoms with Crippen molar-refractivity contribution in [3.05, 3.63) is 57.9 Å². The number of nitrogens with zero attached hydrogens (tertiary/aromatic N) is 10. The van der Waals surface area contributed by atoms with E-state index in [-0.39, 0.29) is 23.1 Å². The molecule has 2 aliphatic heterocycles. The first kappa shape index (κ1) is 37.1. The standard InChI is InChI=1S/C21H25N5O2S.C20H25N5OS/c1-14(27)24-9-11-25(12-10-24)16-7-8-22-20-17(16)18-19(29-20)21(28)26(13-23-18)15-5-3-2-4-6-15;1-23-9-11-24(12-10-23)15-7-8-21-19-16(15)17-18(27-19)20(26)25(13-22-17)14-5-3-2-4-6-14/h7-8,13,15H,2-6,9-12H2,1H3;7-8,13-14H,2-6,9-12H2,1H3. The van der Waals surface area contributed by atoms with Gasteiger partial charge in [-0.3, -0.25) is 23.5 Å². The Morgan fingerprint density at radius 3 is 1.46 bits per heavy atom. The normalized spacial score (nSPS) is 19.3. The first-order valence-electron chi connectivity index (χ1n) is 20.4. The van der Waals surface area contributed by atoms with Crippen molar-refractivity contribution >= 4 is 80.8 Å². The van der Waals surface area contributed by atoms with E-state index in [0.29, 0.717) is 23.8 Å². The highest BCUT2D eigenvalue weighted by Crippen LogP contribution is 2.39. The van der Waals surface area contributed by atoms with E-state index in [9.17, 15) is 14.4 Å². The molecule has 56 heavy (non-hydrogen) atoms. The Morgan fingerprint density at radius 2 is 1.04 bits per heavy atom. The van der Waals surface area contributed by atoms with Gasteiger partial charge in [0, 0.05) is 83.8 Å². The molecule has 2 saturated heterocycles. The number of likely N-dealkylation sites (N-methyl/N-ethyl adjacent to an activating group) is 1. The minimum Gasteiger partial charge on any atom is -0.368 e. The van der Waals surface area contributed by atoms with Crippen molar-refractivity contribution in [3.63, 3.8) is 0 Å². The summed E-state index contributed by atoms with van der Waals surface area (Å²) in [7, 11) is 2.16. The van der Waals surface area contributed by atoms with Gasteiger partial charge in [0.25, 0.3) is 11.1 Å². The monoisotopic (exact) mass is 794 g/mol. The summed E-state index contributed by atoms with van der Waals surface area (Å²) in [6, 6.07) is 4.66. The molecule has 0 N–H and O–H groups in total. The molecule has 6 aromatic heterocycles. The first-order valence-corrected chi connectivity index (χ1v) is 22.0. The maximum atomic E-state index is 13.3. The van der Waals surface area contributed by atoms with E-state index in [0.717, 1.165) is 107 Å². The summed E-state index contributed by atoms with van der Waals surface area (Å²) in [5.74, 6) is 0.121. The number of rotatable bonds is 4. The lowest BCUT2D eigenvalue weighted by molar-refractivity contribution is -0.129. The van der Waals surface area contributed by atoms with E-state index in [2.05, 4.69) is 37.8 Å². The number of fused-ring (bicyclic) bond motifs is 6. The molecule has 13 nitrogen and oxygen atoms in total. The number of anilines is 2.